The van der Waals surface area contributed by atoms with Gasteiger partial charge in [-0.2, -0.15) is 0 Å². The molecule has 1 N–H and O–H groups in total. The molecule has 4 heteroatoms. The number of benzene rings is 1. The van der Waals surface area contributed by atoms with Crippen LogP contribution in [0.5, 0.6) is 11.5 Å². The Labute approximate surface area is 150 Å². The molecule has 0 bridgehead atoms. The summed E-state index contributed by atoms with van der Waals surface area (Å²) in [4.78, 5) is 11.0. The van der Waals surface area contributed by atoms with Gasteiger partial charge in [-0.3, -0.25) is 4.79 Å². The van der Waals surface area contributed by atoms with E-state index in [1.54, 1.807) is 0 Å². The van der Waals surface area contributed by atoms with E-state index in [4.69, 9.17) is 9.47 Å². The zero-order chi connectivity index (χ0) is 18.2. The van der Waals surface area contributed by atoms with Crippen LogP contribution < -0.4 is 4.74 Å². The Morgan fingerprint density at radius 2 is 2.12 bits per heavy atom. The van der Waals surface area contributed by atoms with Crippen LogP contribution in [-0.4, -0.2) is 17.9 Å². The molecule has 1 aliphatic rings. The highest BCUT2D eigenvalue weighted by atomic mass is 16.7. The number of aryl methyl sites for hydroxylation is 1. The van der Waals surface area contributed by atoms with Gasteiger partial charge in [0.15, 0.2) is 0 Å². The standard InChI is InChI=1S/C21H30O4/c1-4-5-6-9-17-12-19(23)21(18-10-7-8-15(2)11-18)20(13-17)25-14-24-16(3)22/h11-13,18,23H,4-10,14H2,1-3H3. The van der Waals surface area contributed by atoms with Gasteiger partial charge in [-0.05, 0) is 56.7 Å². The minimum atomic E-state index is -0.377. The van der Waals surface area contributed by atoms with E-state index in [1.807, 2.05) is 12.1 Å². The van der Waals surface area contributed by atoms with Crippen LogP contribution >= 0.6 is 0 Å². The number of hydrogen-bond donors (Lipinski definition) is 1. The minimum absolute atomic E-state index is 0.129. The SMILES string of the molecule is CCCCCc1cc(O)c(C2C=C(C)CCC2)c(OCOC(C)=O)c1. The maximum absolute atomic E-state index is 11.0. The molecular formula is C21H30O4. The van der Waals surface area contributed by atoms with E-state index >= 15 is 0 Å². The molecule has 0 aromatic heterocycles. The molecule has 25 heavy (non-hydrogen) atoms. The molecule has 1 aromatic rings. The van der Waals surface area contributed by atoms with Gasteiger partial charge < -0.3 is 14.6 Å². The highest BCUT2D eigenvalue weighted by Crippen LogP contribution is 2.42. The Bertz CT molecular complexity index is 619. The Kier molecular flexibility index (Phi) is 7.35. The van der Waals surface area contributed by atoms with E-state index in [2.05, 4.69) is 19.9 Å². The number of phenols is 1. The average Bonchev–Trinajstić information content (AvgIpc) is 2.54. The maximum Gasteiger partial charge on any atom is 0.305 e. The molecule has 0 heterocycles. The lowest BCUT2D eigenvalue weighted by Gasteiger charge is -2.24. The second-order valence-corrected chi connectivity index (χ2v) is 6.89. The number of esters is 1. The van der Waals surface area contributed by atoms with Crippen molar-refractivity contribution in [3.8, 4) is 11.5 Å². The van der Waals surface area contributed by atoms with Crippen LogP contribution in [0.1, 0.15) is 76.3 Å². The average molecular weight is 346 g/mol. The normalized spacial score (nSPS) is 17.1. The van der Waals surface area contributed by atoms with Crippen LogP contribution in [0.4, 0.5) is 0 Å². The van der Waals surface area contributed by atoms with E-state index in [0.717, 1.165) is 56.1 Å². The van der Waals surface area contributed by atoms with Crippen molar-refractivity contribution >= 4 is 5.97 Å². The molecule has 138 valence electrons. The van der Waals surface area contributed by atoms with Crippen molar-refractivity contribution in [3.63, 3.8) is 0 Å². The molecule has 4 nitrogen and oxygen atoms in total. The number of carbonyl (C=O) groups excluding carboxylic acids is 1. The molecule has 0 radical (unpaired) electrons. The van der Waals surface area contributed by atoms with Crippen LogP contribution in [0.3, 0.4) is 0 Å². The molecule has 0 aliphatic heterocycles. The van der Waals surface area contributed by atoms with Gasteiger partial charge in [0.05, 0.1) is 0 Å². The fourth-order valence-electron chi connectivity index (χ4n) is 3.40. The van der Waals surface area contributed by atoms with E-state index < -0.39 is 0 Å². The third-order valence-electron chi connectivity index (χ3n) is 4.67. The molecule has 1 aromatic carbocycles. The van der Waals surface area contributed by atoms with Crippen molar-refractivity contribution in [2.45, 2.75) is 71.6 Å². The summed E-state index contributed by atoms with van der Waals surface area (Å²) in [5.74, 6) is 0.676. The van der Waals surface area contributed by atoms with Crippen molar-refractivity contribution < 1.29 is 19.4 Å². The highest BCUT2D eigenvalue weighted by Gasteiger charge is 2.22. The Hall–Kier alpha value is -1.97. The Morgan fingerprint density at radius 3 is 2.80 bits per heavy atom. The third kappa shape index (κ3) is 5.80. The van der Waals surface area contributed by atoms with Crippen molar-refractivity contribution in [2.24, 2.45) is 0 Å². The molecular weight excluding hydrogens is 316 g/mol. The molecule has 1 aliphatic carbocycles. The number of carbonyl (C=O) groups is 1. The van der Waals surface area contributed by atoms with Crippen LogP contribution in [0, 0.1) is 0 Å². The second kappa shape index (κ2) is 9.50. The van der Waals surface area contributed by atoms with E-state index in [9.17, 15) is 9.90 Å². The molecule has 2 rings (SSSR count). The molecule has 0 saturated carbocycles. The highest BCUT2D eigenvalue weighted by molar-refractivity contribution is 5.65. The summed E-state index contributed by atoms with van der Waals surface area (Å²) < 4.78 is 10.7. The third-order valence-corrected chi connectivity index (χ3v) is 4.67. The van der Waals surface area contributed by atoms with E-state index in [0.29, 0.717) is 5.75 Å². The number of hydrogen-bond acceptors (Lipinski definition) is 4. The summed E-state index contributed by atoms with van der Waals surface area (Å²) in [6.07, 6.45) is 9.73. The van der Waals surface area contributed by atoms with Crippen molar-refractivity contribution in [1.82, 2.24) is 0 Å². The molecule has 0 spiro atoms. The number of aromatic hydroxyl groups is 1. The fourth-order valence-corrected chi connectivity index (χ4v) is 3.40. The van der Waals surface area contributed by atoms with E-state index in [-0.39, 0.29) is 24.4 Å². The first-order valence-electron chi connectivity index (χ1n) is 9.30. The fraction of sp³-hybridized carbons (Fsp3) is 0.571. The van der Waals surface area contributed by atoms with Gasteiger partial charge in [0, 0.05) is 18.4 Å². The molecule has 0 fully saturated rings. The second-order valence-electron chi connectivity index (χ2n) is 6.89. The smallest absolute Gasteiger partial charge is 0.305 e. The summed E-state index contributed by atoms with van der Waals surface area (Å²) >= 11 is 0. The Morgan fingerprint density at radius 1 is 1.32 bits per heavy atom. The monoisotopic (exact) mass is 346 g/mol. The molecule has 1 atom stereocenters. The van der Waals surface area contributed by atoms with E-state index in [1.165, 1.54) is 12.5 Å². The summed E-state index contributed by atoms with van der Waals surface area (Å²) in [6, 6.07) is 3.85. The van der Waals surface area contributed by atoms with Gasteiger partial charge in [-0.1, -0.05) is 31.4 Å². The molecule has 0 saturated heterocycles. The summed E-state index contributed by atoms with van der Waals surface area (Å²) in [5.41, 5.74) is 3.21. The largest absolute Gasteiger partial charge is 0.507 e. The van der Waals surface area contributed by atoms with Gasteiger partial charge in [0.1, 0.15) is 11.5 Å². The lowest BCUT2D eigenvalue weighted by atomic mass is 9.84. The summed E-state index contributed by atoms with van der Waals surface area (Å²) in [6.45, 7) is 5.53. The zero-order valence-corrected chi connectivity index (χ0v) is 15.6. The first-order valence-corrected chi connectivity index (χ1v) is 9.30. The molecule has 0 amide bonds. The van der Waals surface area contributed by atoms with Crippen LogP contribution in [0.2, 0.25) is 0 Å². The summed E-state index contributed by atoms with van der Waals surface area (Å²) in [7, 11) is 0. The predicted molar refractivity (Wildman–Crippen MR) is 98.9 cm³/mol. The van der Waals surface area contributed by atoms with Crippen molar-refractivity contribution in [2.75, 3.05) is 6.79 Å². The number of allylic oxidation sites excluding steroid dienone is 2. The van der Waals surface area contributed by atoms with Crippen LogP contribution in [-0.2, 0) is 16.0 Å². The first-order chi connectivity index (χ1) is 12.0. The van der Waals surface area contributed by atoms with Gasteiger partial charge >= 0.3 is 5.97 Å². The lowest BCUT2D eigenvalue weighted by Crippen LogP contribution is -2.11. The number of ether oxygens (including phenoxy) is 2. The van der Waals surface area contributed by atoms with Crippen LogP contribution in [0.15, 0.2) is 23.8 Å². The van der Waals surface area contributed by atoms with Gasteiger partial charge in [0.25, 0.3) is 0 Å². The maximum atomic E-state index is 11.0. The zero-order valence-electron chi connectivity index (χ0n) is 15.6. The van der Waals surface area contributed by atoms with Crippen molar-refractivity contribution in [1.29, 1.82) is 0 Å². The number of unbranched alkanes of at least 4 members (excludes halogenated alkanes) is 2. The topological polar surface area (TPSA) is 55.8 Å². The van der Waals surface area contributed by atoms with Gasteiger partial charge in [-0.25, -0.2) is 0 Å². The predicted octanol–water partition coefficient (Wildman–Crippen LogP) is 5.24. The van der Waals surface area contributed by atoms with Crippen molar-refractivity contribution in [3.05, 3.63) is 34.9 Å². The quantitative estimate of drug-likeness (QED) is 0.303. The van der Waals surface area contributed by atoms with Gasteiger partial charge in [0.2, 0.25) is 6.79 Å². The lowest BCUT2D eigenvalue weighted by molar-refractivity contribution is -0.147. The molecule has 1 unspecified atom stereocenters. The van der Waals surface area contributed by atoms with Crippen LogP contribution in [0.25, 0.3) is 0 Å². The summed E-state index contributed by atoms with van der Waals surface area (Å²) in [5, 5.41) is 10.7. The number of phenolic OH excluding ortho intramolecular Hbond substituents is 1. The Balaban J connectivity index is 2.27. The first kappa shape index (κ1) is 19.4. The van der Waals surface area contributed by atoms with Gasteiger partial charge in [-0.15, -0.1) is 0 Å². The minimum Gasteiger partial charge on any atom is -0.507 e. The number of rotatable bonds is 8.